The van der Waals surface area contributed by atoms with Crippen LogP contribution in [0.3, 0.4) is 0 Å². The number of likely N-dealkylation sites (tertiary alicyclic amines) is 1. The summed E-state index contributed by atoms with van der Waals surface area (Å²) in [7, 11) is 1.75. The maximum Gasteiger partial charge on any atom is 0.145 e. The molecule has 1 unspecified atom stereocenters. The molecule has 2 aromatic heterocycles. The Morgan fingerprint density at radius 1 is 1.33 bits per heavy atom. The van der Waals surface area contributed by atoms with Gasteiger partial charge in [0.2, 0.25) is 0 Å². The normalized spacial score (nSPS) is 21.5. The average Bonchev–Trinajstić information content (AvgIpc) is 3.24. The zero-order chi connectivity index (χ0) is 16.5. The van der Waals surface area contributed by atoms with Crippen molar-refractivity contribution in [1.29, 1.82) is 0 Å². The van der Waals surface area contributed by atoms with Gasteiger partial charge < -0.3 is 15.5 Å². The Morgan fingerprint density at radius 3 is 3.00 bits per heavy atom. The lowest BCUT2D eigenvalue weighted by atomic mass is 10.2. The molecule has 0 aliphatic carbocycles. The molecule has 1 aliphatic heterocycles. The van der Waals surface area contributed by atoms with E-state index in [1.807, 2.05) is 30.5 Å². The monoisotopic (exact) mass is 324 g/mol. The molecule has 3 aromatic rings. The van der Waals surface area contributed by atoms with Crippen LogP contribution in [0, 0.1) is 0 Å². The van der Waals surface area contributed by atoms with Gasteiger partial charge in [-0.15, -0.1) is 0 Å². The van der Waals surface area contributed by atoms with Crippen molar-refractivity contribution in [2.75, 3.05) is 19.4 Å². The van der Waals surface area contributed by atoms with E-state index in [0.29, 0.717) is 12.4 Å². The van der Waals surface area contributed by atoms with Crippen LogP contribution in [0.15, 0.2) is 36.7 Å². The van der Waals surface area contributed by atoms with E-state index in [2.05, 4.69) is 24.8 Å². The fourth-order valence-electron chi connectivity index (χ4n) is 3.35. The highest BCUT2D eigenvalue weighted by Gasteiger charge is 2.35. The van der Waals surface area contributed by atoms with Gasteiger partial charge in [0.25, 0.3) is 0 Å². The fourth-order valence-corrected chi connectivity index (χ4v) is 3.35. The molecule has 3 N–H and O–H groups in total. The van der Waals surface area contributed by atoms with Crippen molar-refractivity contribution in [2.45, 2.75) is 25.1 Å². The average molecular weight is 324 g/mol. The number of H-pyrrole nitrogens is 1. The van der Waals surface area contributed by atoms with Gasteiger partial charge in [0.05, 0.1) is 24.2 Å². The van der Waals surface area contributed by atoms with Crippen LogP contribution < -0.4 is 5.73 Å². The van der Waals surface area contributed by atoms with Crippen LogP contribution in [0.1, 0.15) is 24.1 Å². The number of benzene rings is 1. The van der Waals surface area contributed by atoms with E-state index in [4.69, 9.17) is 10.5 Å². The van der Waals surface area contributed by atoms with Crippen LogP contribution >= 0.6 is 0 Å². The molecule has 7 nitrogen and oxygen atoms in total. The SMILES string of the molecule is CO[C@@H]1CC(c2ncc[nH]2)N(Cc2nc(N)c3ccccc3n2)C1. The molecule has 0 radical (unpaired) electrons. The largest absolute Gasteiger partial charge is 0.383 e. The van der Waals surface area contributed by atoms with Crippen molar-refractivity contribution >= 4 is 16.7 Å². The number of nitrogens with two attached hydrogens (primary N) is 1. The summed E-state index contributed by atoms with van der Waals surface area (Å²) in [5, 5.41) is 0.889. The van der Waals surface area contributed by atoms with E-state index in [9.17, 15) is 0 Å². The molecule has 0 amide bonds. The van der Waals surface area contributed by atoms with Gasteiger partial charge in [-0.25, -0.2) is 15.0 Å². The van der Waals surface area contributed by atoms with Crippen molar-refractivity contribution in [3.63, 3.8) is 0 Å². The Kier molecular flexibility index (Phi) is 3.87. The summed E-state index contributed by atoms with van der Waals surface area (Å²) < 4.78 is 5.55. The number of nitrogens with zero attached hydrogens (tertiary/aromatic N) is 4. The number of para-hydroxylation sites is 1. The first kappa shape index (κ1) is 15.0. The molecule has 1 aromatic carbocycles. The number of nitrogen functional groups attached to an aromatic ring is 1. The third kappa shape index (κ3) is 2.72. The molecular formula is C17H20N6O. The molecule has 2 atom stereocenters. The van der Waals surface area contributed by atoms with Gasteiger partial charge >= 0.3 is 0 Å². The van der Waals surface area contributed by atoms with Gasteiger partial charge in [-0.2, -0.15) is 0 Å². The van der Waals surface area contributed by atoms with Gasteiger partial charge in [0.15, 0.2) is 0 Å². The summed E-state index contributed by atoms with van der Waals surface area (Å²) in [5.74, 6) is 2.19. The van der Waals surface area contributed by atoms with E-state index in [1.54, 1.807) is 13.3 Å². The molecule has 1 fully saturated rings. The highest BCUT2D eigenvalue weighted by atomic mass is 16.5. The van der Waals surface area contributed by atoms with Crippen LogP contribution in [0.2, 0.25) is 0 Å². The number of nitrogens with one attached hydrogen (secondary N) is 1. The number of methoxy groups -OCH3 is 1. The van der Waals surface area contributed by atoms with E-state index in [0.717, 1.165) is 35.5 Å². The zero-order valence-corrected chi connectivity index (χ0v) is 13.5. The zero-order valence-electron chi connectivity index (χ0n) is 13.5. The lowest BCUT2D eigenvalue weighted by Crippen LogP contribution is -2.26. The molecule has 0 bridgehead atoms. The second kappa shape index (κ2) is 6.18. The molecule has 0 saturated carbocycles. The summed E-state index contributed by atoms with van der Waals surface area (Å²) in [6, 6.07) is 7.97. The van der Waals surface area contributed by atoms with Crippen LogP contribution in [0.5, 0.6) is 0 Å². The molecule has 124 valence electrons. The quantitative estimate of drug-likeness (QED) is 0.761. The van der Waals surface area contributed by atoms with Crippen LogP contribution in [0.4, 0.5) is 5.82 Å². The summed E-state index contributed by atoms with van der Waals surface area (Å²) in [6.07, 6.45) is 4.70. The lowest BCUT2D eigenvalue weighted by molar-refractivity contribution is 0.107. The van der Waals surface area contributed by atoms with Crippen molar-refractivity contribution in [1.82, 2.24) is 24.8 Å². The third-order valence-electron chi connectivity index (χ3n) is 4.56. The van der Waals surface area contributed by atoms with Crippen molar-refractivity contribution < 1.29 is 4.74 Å². The minimum Gasteiger partial charge on any atom is -0.383 e. The highest BCUT2D eigenvalue weighted by molar-refractivity contribution is 5.87. The number of aromatic amines is 1. The number of aromatic nitrogens is 4. The maximum atomic E-state index is 6.10. The first-order chi connectivity index (χ1) is 11.7. The second-order valence-electron chi connectivity index (χ2n) is 6.06. The van der Waals surface area contributed by atoms with E-state index in [-0.39, 0.29) is 12.1 Å². The topological polar surface area (TPSA) is 93.0 Å². The van der Waals surface area contributed by atoms with E-state index in [1.165, 1.54) is 0 Å². The van der Waals surface area contributed by atoms with Crippen LogP contribution in [0.25, 0.3) is 10.9 Å². The van der Waals surface area contributed by atoms with Crippen molar-refractivity contribution in [3.8, 4) is 0 Å². The fraction of sp³-hybridized carbons (Fsp3) is 0.353. The molecular weight excluding hydrogens is 304 g/mol. The molecule has 0 spiro atoms. The second-order valence-corrected chi connectivity index (χ2v) is 6.06. The number of hydrogen-bond acceptors (Lipinski definition) is 6. The van der Waals surface area contributed by atoms with Crippen LogP contribution in [-0.2, 0) is 11.3 Å². The first-order valence-electron chi connectivity index (χ1n) is 8.02. The predicted octanol–water partition coefficient (Wildman–Crippen LogP) is 1.90. The minimum atomic E-state index is 0.168. The predicted molar refractivity (Wildman–Crippen MR) is 91.1 cm³/mol. The van der Waals surface area contributed by atoms with Gasteiger partial charge in [-0.3, -0.25) is 4.90 Å². The number of fused-ring (bicyclic) bond motifs is 1. The van der Waals surface area contributed by atoms with E-state index < -0.39 is 0 Å². The van der Waals surface area contributed by atoms with Gasteiger partial charge in [0.1, 0.15) is 17.5 Å². The Labute approximate surface area is 139 Å². The molecule has 1 saturated heterocycles. The smallest absolute Gasteiger partial charge is 0.145 e. The number of ether oxygens (including phenoxy) is 1. The van der Waals surface area contributed by atoms with Gasteiger partial charge in [-0.1, -0.05) is 12.1 Å². The Balaban J connectivity index is 1.63. The van der Waals surface area contributed by atoms with Crippen molar-refractivity contribution in [2.24, 2.45) is 0 Å². The van der Waals surface area contributed by atoms with E-state index >= 15 is 0 Å². The minimum absolute atomic E-state index is 0.168. The molecule has 4 rings (SSSR count). The first-order valence-corrected chi connectivity index (χ1v) is 8.02. The highest BCUT2D eigenvalue weighted by Crippen LogP contribution is 2.32. The number of imidazole rings is 1. The summed E-state index contributed by atoms with van der Waals surface area (Å²) >= 11 is 0. The number of anilines is 1. The van der Waals surface area contributed by atoms with Crippen molar-refractivity contribution in [3.05, 3.63) is 48.3 Å². The molecule has 3 heterocycles. The third-order valence-corrected chi connectivity index (χ3v) is 4.56. The Hall–Kier alpha value is -2.51. The standard InChI is InChI=1S/C17H20N6O/c1-24-11-8-14(17-19-6-7-20-17)23(9-11)10-15-21-13-5-3-2-4-12(13)16(18)22-15/h2-7,11,14H,8-10H2,1H3,(H,19,20)(H2,18,21,22)/t11-,14?/m1/s1. The maximum absolute atomic E-state index is 6.10. The van der Waals surface area contributed by atoms with Crippen LogP contribution in [-0.4, -0.2) is 44.6 Å². The van der Waals surface area contributed by atoms with Gasteiger partial charge in [0, 0.05) is 31.4 Å². The summed E-state index contributed by atoms with van der Waals surface area (Å²) in [4.78, 5) is 19.0. The molecule has 1 aliphatic rings. The Morgan fingerprint density at radius 2 is 2.21 bits per heavy atom. The lowest BCUT2D eigenvalue weighted by Gasteiger charge is -2.21. The Bertz CT molecular complexity index is 834. The number of rotatable bonds is 4. The number of hydrogen-bond donors (Lipinski definition) is 2. The molecule has 7 heteroatoms. The van der Waals surface area contributed by atoms with Gasteiger partial charge in [-0.05, 0) is 18.6 Å². The summed E-state index contributed by atoms with van der Waals surface area (Å²) in [6.45, 7) is 1.43. The molecule has 24 heavy (non-hydrogen) atoms. The summed E-state index contributed by atoms with van der Waals surface area (Å²) in [5.41, 5.74) is 6.97.